The fraction of sp³-hybridized carbons (Fsp3) is 0.364. The van der Waals surface area contributed by atoms with Gasteiger partial charge in [-0.05, 0) is 13.8 Å². The third-order valence-electron chi connectivity index (χ3n) is 2.29. The number of ether oxygens (including phenoxy) is 1. The summed E-state index contributed by atoms with van der Waals surface area (Å²) >= 11 is 0. The van der Waals surface area contributed by atoms with Gasteiger partial charge in [0.25, 0.3) is 0 Å². The number of aromatic amines is 1. The van der Waals surface area contributed by atoms with Gasteiger partial charge in [0.15, 0.2) is 17.4 Å². The first-order valence-electron chi connectivity index (χ1n) is 5.78. The molecule has 1 aromatic carbocycles. The molecular weight excluding hydrogens is 251 g/mol. The van der Waals surface area contributed by atoms with Gasteiger partial charge in [-0.1, -0.05) is 5.21 Å². The largest absolute Gasteiger partial charge is 0.488 e. The molecule has 2 aromatic rings. The highest BCUT2D eigenvalue weighted by molar-refractivity contribution is 5.68. The number of benzene rings is 1. The lowest BCUT2D eigenvalue weighted by Gasteiger charge is -2.14. The molecule has 7 nitrogen and oxygen atoms in total. The van der Waals surface area contributed by atoms with Crippen molar-refractivity contribution in [2.75, 3.05) is 11.1 Å². The fourth-order valence-corrected chi connectivity index (χ4v) is 1.50. The zero-order valence-electron chi connectivity index (χ0n) is 10.6. The number of nitrogens with zero attached hydrogens (tertiary/aromatic N) is 3. The number of H-pyrrole nitrogens is 1. The number of anilines is 2. The minimum absolute atomic E-state index is 0.122. The summed E-state index contributed by atoms with van der Waals surface area (Å²) in [4.78, 5) is 0. The second-order valence-corrected chi connectivity index (χ2v) is 4.22. The predicted octanol–water partition coefficient (Wildman–Crippen LogP) is 1.32. The quantitative estimate of drug-likeness (QED) is 0.705. The van der Waals surface area contributed by atoms with Crippen molar-refractivity contribution >= 4 is 11.4 Å². The number of nitrogens with one attached hydrogen (secondary N) is 2. The Bertz CT molecular complexity index is 542. The third kappa shape index (κ3) is 3.30. The molecule has 0 bridgehead atoms. The van der Waals surface area contributed by atoms with E-state index in [0.717, 1.165) is 0 Å². The van der Waals surface area contributed by atoms with E-state index in [0.29, 0.717) is 18.1 Å². The summed E-state index contributed by atoms with van der Waals surface area (Å²) in [6.07, 6.45) is -0.122. The number of aromatic nitrogens is 4. The van der Waals surface area contributed by atoms with Crippen molar-refractivity contribution in [3.8, 4) is 5.75 Å². The molecule has 0 aliphatic rings. The Morgan fingerprint density at radius 2 is 2.26 bits per heavy atom. The molecule has 0 aliphatic carbocycles. The van der Waals surface area contributed by atoms with Gasteiger partial charge in [0.05, 0.1) is 24.0 Å². The summed E-state index contributed by atoms with van der Waals surface area (Å²) in [5, 5.41) is 16.4. The molecular formula is C11H15FN6O. The summed E-state index contributed by atoms with van der Waals surface area (Å²) in [5.74, 6) is 0.145. The summed E-state index contributed by atoms with van der Waals surface area (Å²) in [5.41, 5.74) is 6.58. The molecule has 102 valence electrons. The first kappa shape index (κ1) is 13.1. The summed E-state index contributed by atoms with van der Waals surface area (Å²) in [7, 11) is 0. The van der Waals surface area contributed by atoms with Gasteiger partial charge in [0.2, 0.25) is 0 Å². The van der Waals surface area contributed by atoms with Crippen molar-refractivity contribution in [3.05, 3.63) is 23.8 Å². The van der Waals surface area contributed by atoms with Crippen LogP contribution < -0.4 is 15.8 Å². The topological polar surface area (TPSA) is 102 Å². The van der Waals surface area contributed by atoms with Crippen LogP contribution in [0.2, 0.25) is 0 Å². The fourth-order valence-electron chi connectivity index (χ4n) is 1.50. The second kappa shape index (κ2) is 5.51. The maximum Gasteiger partial charge on any atom is 0.193 e. The van der Waals surface area contributed by atoms with E-state index in [1.54, 1.807) is 0 Å². The molecule has 0 fully saturated rings. The SMILES string of the molecule is CC(C)Oc1cc(NCc2nn[nH]n2)c(N)cc1F. The van der Waals surface area contributed by atoms with Crippen molar-refractivity contribution in [3.63, 3.8) is 0 Å². The summed E-state index contributed by atoms with van der Waals surface area (Å²) < 4.78 is 19.0. The van der Waals surface area contributed by atoms with Crippen molar-refractivity contribution < 1.29 is 9.13 Å². The molecule has 0 saturated heterocycles. The number of hydrogen-bond donors (Lipinski definition) is 3. The highest BCUT2D eigenvalue weighted by Crippen LogP contribution is 2.29. The highest BCUT2D eigenvalue weighted by atomic mass is 19.1. The molecule has 1 heterocycles. The Morgan fingerprint density at radius 1 is 1.47 bits per heavy atom. The average molecular weight is 266 g/mol. The Balaban J connectivity index is 2.15. The predicted molar refractivity (Wildman–Crippen MR) is 68.1 cm³/mol. The molecule has 0 spiro atoms. The van der Waals surface area contributed by atoms with Crippen LogP contribution in [0.25, 0.3) is 0 Å². The van der Waals surface area contributed by atoms with Crippen LogP contribution >= 0.6 is 0 Å². The third-order valence-corrected chi connectivity index (χ3v) is 2.29. The van der Waals surface area contributed by atoms with Crippen LogP contribution in [0.5, 0.6) is 5.75 Å². The molecule has 0 unspecified atom stereocenters. The Labute approximate surface area is 109 Å². The first-order valence-corrected chi connectivity index (χ1v) is 5.78. The number of nitrogens with two attached hydrogens (primary N) is 1. The van der Waals surface area contributed by atoms with Crippen molar-refractivity contribution in [2.45, 2.75) is 26.5 Å². The minimum Gasteiger partial charge on any atom is -0.488 e. The van der Waals surface area contributed by atoms with E-state index in [4.69, 9.17) is 10.5 Å². The van der Waals surface area contributed by atoms with Gasteiger partial charge in [-0.15, -0.1) is 10.2 Å². The lowest BCUT2D eigenvalue weighted by molar-refractivity contribution is 0.231. The number of rotatable bonds is 5. The molecule has 2 rings (SSSR count). The zero-order chi connectivity index (χ0) is 13.8. The van der Waals surface area contributed by atoms with Gasteiger partial charge >= 0.3 is 0 Å². The van der Waals surface area contributed by atoms with E-state index in [-0.39, 0.29) is 17.5 Å². The lowest BCUT2D eigenvalue weighted by atomic mass is 10.2. The van der Waals surface area contributed by atoms with Crippen LogP contribution in [-0.2, 0) is 6.54 Å². The molecule has 4 N–H and O–H groups in total. The van der Waals surface area contributed by atoms with Crippen molar-refractivity contribution in [1.29, 1.82) is 0 Å². The highest BCUT2D eigenvalue weighted by Gasteiger charge is 2.11. The van der Waals surface area contributed by atoms with E-state index in [2.05, 4.69) is 25.9 Å². The smallest absolute Gasteiger partial charge is 0.193 e. The van der Waals surface area contributed by atoms with E-state index < -0.39 is 5.82 Å². The van der Waals surface area contributed by atoms with Crippen LogP contribution in [0.3, 0.4) is 0 Å². The Hall–Kier alpha value is -2.38. The molecule has 0 saturated carbocycles. The van der Waals surface area contributed by atoms with Gasteiger partial charge in [-0.25, -0.2) is 4.39 Å². The normalized spacial score (nSPS) is 10.7. The van der Waals surface area contributed by atoms with Crippen LogP contribution in [0.15, 0.2) is 12.1 Å². The molecule has 0 radical (unpaired) electrons. The Kier molecular flexibility index (Phi) is 3.79. The van der Waals surface area contributed by atoms with Gasteiger partial charge in [-0.2, -0.15) is 5.21 Å². The molecule has 19 heavy (non-hydrogen) atoms. The van der Waals surface area contributed by atoms with Gasteiger partial charge in [0, 0.05) is 12.1 Å². The van der Waals surface area contributed by atoms with Crippen LogP contribution in [0.4, 0.5) is 15.8 Å². The monoisotopic (exact) mass is 266 g/mol. The first-order chi connectivity index (χ1) is 9.06. The number of hydrogen-bond acceptors (Lipinski definition) is 6. The molecule has 1 aromatic heterocycles. The molecule has 0 atom stereocenters. The van der Waals surface area contributed by atoms with Gasteiger partial charge in [0.1, 0.15) is 0 Å². The lowest BCUT2D eigenvalue weighted by Crippen LogP contribution is -2.09. The number of halogens is 1. The number of tetrazole rings is 1. The van der Waals surface area contributed by atoms with Gasteiger partial charge < -0.3 is 15.8 Å². The average Bonchev–Trinajstić information content (AvgIpc) is 2.83. The maximum atomic E-state index is 13.6. The van der Waals surface area contributed by atoms with Crippen LogP contribution in [-0.4, -0.2) is 26.7 Å². The summed E-state index contributed by atoms with van der Waals surface area (Å²) in [6, 6.07) is 2.74. The van der Waals surface area contributed by atoms with E-state index in [1.165, 1.54) is 12.1 Å². The van der Waals surface area contributed by atoms with Crippen molar-refractivity contribution in [1.82, 2.24) is 20.6 Å². The zero-order valence-corrected chi connectivity index (χ0v) is 10.6. The standard InChI is InChI=1S/C11H15FN6O/c1-6(2)19-10-4-9(8(13)3-7(10)12)14-5-11-15-17-18-16-11/h3-4,6,14H,5,13H2,1-2H3,(H,15,16,17,18). The minimum atomic E-state index is -0.490. The molecule has 0 aliphatic heterocycles. The van der Waals surface area contributed by atoms with E-state index >= 15 is 0 Å². The van der Waals surface area contributed by atoms with Crippen LogP contribution in [0.1, 0.15) is 19.7 Å². The van der Waals surface area contributed by atoms with Crippen LogP contribution in [0, 0.1) is 5.82 Å². The molecule has 0 amide bonds. The van der Waals surface area contributed by atoms with E-state index in [1.807, 2.05) is 13.8 Å². The second-order valence-electron chi connectivity index (χ2n) is 4.22. The molecule has 8 heteroatoms. The number of nitrogen functional groups attached to an aromatic ring is 1. The van der Waals surface area contributed by atoms with E-state index in [9.17, 15) is 4.39 Å². The maximum absolute atomic E-state index is 13.6. The Morgan fingerprint density at radius 3 is 2.89 bits per heavy atom. The summed E-state index contributed by atoms with van der Waals surface area (Å²) in [6.45, 7) is 3.97. The van der Waals surface area contributed by atoms with Crippen molar-refractivity contribution in [2.24, 2.45) is 0 Å². The van der Waals surface area contributed by atoms with Gasteiger partial charge in [-0.3, -0.25) is 0 Å².